The lowest BCUT2D eigenvalue weighted by atomic mass is 10.1. The normalized spacial score (nSPS) is 12.5. The van der Waals surface area contributed by atoms with Gasteiger partial charge in [0.15, 0.2) is 14.6 Å². The van der Waals surface area contributed by atoms with Gasteiger partial charge in [0.2, 0.25) is 0 Å². The van der Waals surface area contributed by atoms with Crippen molar-refractivity contribution in [2.45, 2.75) is 43.9 Å². The molecule has 0 aliphatic carbocycles. The minimum Gasteiger partial charge on any atom is -0.468 e. The quantitative estimate of drug-likeness (QED) is 0.527. The number of hydrogen-bond donors (Lipinski definition) is 0. The summed E-state index contributed by atoms with van der Waals surface area (Å²) in [4.78, 5) is 29.3. The van der Waals surface area contributed by atoms with Gasteiger partial charge in [-0.25, -0.2) is 8.42 Å². The van der Waals surface area contributed by atoms with Crippen LogP contribution in [0.5, 0.6) is 0 Å². The van der Waals surface area contributed by atoms with Crippen LogP contribution in [-0.2, 0) is 37.1 Å². The van der Waals surface area contributed by atoms with Crippen LogP contribution in [0.1, 0.15) is 25.0 Å². The number of carbonyl (C=O) groups is 2. The summed E-state index contributed by atoms with van der Waals surface area (Å²) in [6.07, 6.45) is 0.0213. The van der Waals surface area contributed by atoms with E-state index in [0.717, 1.165) is 15.8 Å². The summed E-state index contributed by atoms with van der Waals surface area (Å²) in [5.74, 6) is -0.822. The molecule has 0 bridgehead atoms. The molecular formula is C22H24N2O5S2. The van der Waals surface area contributed by atoms with Crippen molar-refractivity contribution < 1.29 is 22.7 Å². The van der Waals surface area contributed by atoms with Gasteiger partial charge in [-0.2, -0.15) is 4.99 Å². The number of aryl methyl sites for hydroxylation is 1. The van der Waals surface area contributed by atoms with E-state index in [1.54, 1.807) is 30.5 Å². The lowest BCUT2D eigenvalue weighted by molar-refractivity contribution is -0.141. The molecule has 164 valence electrons. The van der Waals surface area contributed by atoms with E-state index in [2.05, 4.69) is 4.99 Å². The predicted octanol–water partition coefficient (Wildman–Crippen LogP) is 3.04. The summed E-state index contributed by atoms with van der Waals surface area (Å²) in [5, 5.41) is -0.517. The van der Waals surface area contributed by atoms with Gasteiger partial charge in [0, 0.05) is 0 Å². The summed E-state index contributed by atoms with van der Waals surface area (Å²) >= 11 is 1.33. The molecule has 1 amide bonds. The van der Waals surface area contributed by atoms with Crippen molar-refractivity contribution in [3.05, 3.63) is 58.4 Å². The van der Waals surface area contributed by atoms with Crippen LogP contribution >= 0.6 is 11.3 Å². The number of ether oxygens (including phenoxy) is 1. The van der Waals surface area contributed by atoms with E-state index >= 15 is 0 Å². The van der Waals surface area contributed by atoms with E-state index in [0.29, 0.717) is 10.4 Å². The van der Waals surface area contributed by atoms with Gasteiger partial charge in [0.25, 0.3) is 5.91 Å². The smallest absolute Gasteiger partial charge is 0.325 e. The van der Waals surface area contributed by atoms with Gasteiger partial charge in [-0.05, 0) is 56.2 Å². The van der Waals surface area contributed by atoms with E-state index in [1.807, 2.05) is 25.1 Å². The Hall–Kier alpha value is -2.78. The molecule has 0 atom stereocenters. The molecule has 0 aliphatic rings. The number of aromatic nitrogens is 1. The zero-order valence-corrected chi connectivity index (χ0v) is 19.4. The Morgan fingerprint density at radius 3 is 2.42 bits per heavy atom. The first-order valence-electron chi connectivity index (χ1n) is 9.69. The van der Waals surface area contributed by atoms with Crippen molar-refractivity contribution in [3.63, 3.8) is 0 Å². The summed E-state index contributed by atoms with van der Waals surface area (Å²) < 4.78 is 31.8. The molecule has 3 rings (SSSR count). The molecule has 0 saturated heterocycles. The van der Waals surface area contributed by atoms with Crippen LogP contribution in [0.2, 0.25) is 0 Å². The number of rotatable bonds is 6. The molecule has 0 saturated carbocycles. The second kappa shape index (κ2) is 9.15. The van der Waals surface area contributed by atoms with Gasteiger partial charge in [-0.3, -0.25) is 9.59 Å². The first-order chi connectivity index (χ1) is 14.6. The molecule has 2 aromatic carbocycles. The van der Waals surface area contributed by atoms with E-state index in [9.17, 15) is 18.0 Å². The molecule has 0 unspecified atom stereocenters. The van der Waals surface area contributed by atoms with Crippen molar-refractivity contribution in [2.75, 3.05) is 7.11 Å². The number of sulfone groups is 1. The minimum absolute atomic E-state index is 0.0213. The highest BCUT2D eigenvalue weighted by atomic mass is 32.2. The van der Waals surface area contributed by atoms with Gasteiger partial charge >= 0.3 is 5.97 Å². The molecule has 0 radical (unpaired) electrons. The van der Waals surface area contributed by atoms with Crippen LogP contribution in [0.25, 0.3) is 10.2 Å². The third-order valence-electron chi connectivity index (χ3n) is 4.80. The van der Waals surface area contributed by atoms with Crippen LogP contribution < -0.4 is 4.80 Å². The fourth-order valence-electron chi connectivity index (χ4n) is 3.00. The standard InChI is InChI=1S/C22H24N2O5S2/c1-14(2)31(27,28)17-8-6-16(7-9-17)12-20(25)23-22-24(13-21(26)29-4)18-10-5-15(3)11-19(18)30-22/h5-11,14H,12-13H2,1-4H3. The number of benzene rings is 2. The van der Waals surface area contributed by atoms with Gasteiger partial charge in [0.05, 0.1) is 33.9 Å². The number of nitrogens with zero attached hydrogens (tertiary/aromatic N) is 2. The van der Waals surface area contributed by atoms with Crippen LogP contribution in [0.3, 0.4) is 0 Å². The van der Waals surface area contributed by atoms with E-state index in [-0.39, 0.29) is 23.8 Å². The van der Waals surface area contributed by atoms with Crippen molar-refractivity contribution in [3.8, 4) is 0 Å². The van der Waals surface area contributed by atoms with Crippen molar-refractivity contribution >= 4 is 43.3 Å². The summed E-state index contributed by atoms with van der Waals surface area (Å²) in [6.45, 7) is 5.17. The second-order valence-electron chi connectivity index (χ2n) is 7.44. The lowest BCUT2D eigenvalue weighted by Crippen LogP contribution is -2.22. The Bertz CT molecular complexity index is 1300. The van der Waals surface area contributed by atoms with Gasteiger partial charge in [-0.1, -0.05) is 29.5 Å². The Balaban J connectivity index is 1.92. The number of hydrogen-bond acceptors (Lipinski definition) is 6. The maximum atomic E-state index is 12.6. The summed E-state index contributed by atoms with van der Waals surface area (Å²) in [6, 6.07) is 12.1. The van der Waals surface area contributed by atoms with Crippen LogP contribution in [0.4, 0.5) is 0 Å². The molecule has 31 heavy (non-hydrogen) atoms. The Morgan fingerprint density at radius 1 is 1.13 bits per heavy atom. The van der Waals surface area contributed by atoms with Gasteiger partial charge < -0.3 is 9.30 Å². The zero-order chi connectivity index (χ0) is 22.8. The first-order valence-corrected chi connectivity index (χ1v) is 12.1. The third kappa shape index (κ3) is 5.11. The van der Waals surface area contributed by atoms with Gasteiger partial charge in [0.1, 0.15) is 6.54 Å². The Kier molecular flexibility index (Phi) is 6.76. The first kappa shape index (κ1) is 22.9. The maximum absolute atomic E-state index is 12.6. The van der Waals surface area contributed by atoms with E-state index < -0.39 is 21.1 Å². The number of fused-ring (bicyclic) bond motifs is 1. The number of thiazole rings is 1. The molecule has 0 aliphatic heterocycles. The molecule has 3 aromatic rings. The van der Waals surface area contributed by atoms with E-state index in [1.165, 1.54) is 30.6 Å². The van der Waals surface area contributed by atoms with Crippen LogP contribution in [-0.4, -0.2) is 37.2 Å². The van der Waals surface area contributed by atoms with Crippen molar-refractivity contribution in [1.29, 1.82) is 0 Å². The van der Waals surface area contributed by atoms with Crippen molar-refractivity contribution in [1.82, 2.24) is 4.57 Å². The number of carbonyl (C=O) groups excluding carboxylic acids is 2. The minimum atomic E-state index is -3.36. The van der Waals surface area contributed by atoms with Crippen molar-refractivity contribution in [2.24, 2.45) is 4.99 Å². The fourth-order valence-corrected chi connectivity index (χ4v) is 5.21. The molecule has 7 nitrogen and oxygen atoms in total. The van der Waals surface area contributed by atoms with E-state index in [4.69, 9.17) is 4.74 Å². The molecule has 0 N–H and O–H groups in total. The molecule has 0 spiro atoms. The van der Waals surface area contributed by atoms with Crippen LogP contribution in [0, 0.1) is 6.92 Å². The summed E-state index contributed by atoms with van der Waals surface area (Å²) in [7, 11) is -2.05. The van der Waals surface area contributed by atoms with Crippen LogP contribution in [0.15, 0.2) is 52.4 Å². The fraction of sp³-hybridized carbons (Fsp3) is 0.318. The molecule has 1 aromatic heterocycles. The maximum Gasteiger partial charge on any atom is 0.325 e. The highest BCUT2D eigenvalue weighted by Crippen LogP contribution is 2.20. The Labute approximate surface area is 184 Å². The summed E-state index contributed by atoms with van der Waals surface area (Å²) in [5.41, 5.74) is 2.53. The molecule has 0 fully saturated rings. The SMILES string of the molecule is COC(=O)Cn1c(=NC(=O)Cc2ccc(S(=O)(=O)C(C)C)cc2)sc2cc(C)ccc21. The number of esters is 1. The average Bonchev–Trinajstić information content (AvgIpc) is 3.03. The number of methoxy groups -OCH3 is 1. The third-order valence-corrected chi connectivity index (χ3v) is 8.01. The Morgan fingerprint density at radius 2 is 1.81 bits per heavy atom. The lowest BCUT2D eigenvalue weighted by Gasteiger charge is -2.08. The predicted molar refractivity (Wildman–Crippen MR) is 120 cm³/mol. The highest BCUT2D eigenvalue weighted by Gasteiger charge is 2.19. The highest BCUT2D eigenvalue weighted by molar-refractivity contribution is 7.92. The molecule has 9 heteroatoms. The average molecular weight is 461 g/mol. The second-order valence-corrected chi connectivity index (χ2v) is 11.0. The van der Waals surface area contributed by atoms with Gasteiger partial charge in [-0.15, -0.1) is 0 Å². The largest absolute Gasteiger partial charge is 0.468 e. The topological polar surface area (TPSA) is 94.8 Å². The molecule has 1 heterocycles. The number of amides is 1. The monoisotopic (exact) mass is 460 g/mol. The molecular weight excluding hydrogens is 436 g/mol. The zero-order valence-electron chi connectivity index (χ0n) is 17.8.